The number of hydrogen-bond acceptors (Lipinski definition) is 4. The minimum Gasteiger partial charge on any atom is -0.326 e. The lowest BCUT2D eigenvalue weighted by molar-refractivity contribution is 0.600. The number of anilines is 1. The van der Waals surface area contributed by atoms with Gasteiger partial charge >= 0.3 is 0 Å². The largest absolute Gasteiger partial charge is 0.326 e. The van der Waals surface area contributed by atoms with E-state index in [-0.39, 0.29) is 11.4 Å². The number of nitrogens with one attached hydrogen (secondary N) is 1. The molecule has 1 heterocycles. The van der Waals surface area contributed by atoms with E-state index in [1.54, 1.807) is 36.6 Å². The summed E-state index contributed by atoms with van der Waals surface area (Å²) in [6.45, 7) is 1.96. The highest BCUT2D eigenvalue weighted by atomic mass is 35.5. The van der Waals surface area contributed by atoms with Gasteiger partial charge in [-0.15, -0.1) is 11.3 Å². The molecule has 4 nitrogen and oxygen atoms in total. The fourth-order valence-electron chi connectivity index (χ4n) is 1.63. The Labute approximate surface area is 121 Å². The van der Waals surface area contributed by atoms with Crippen LogP contribution in [0.1, 0.15) is 10.4 Å². The third-order valence-electron chi connectivity index (χ3n) is 2.69. The van der Waals surface area contributed by atoms with Crippen LogP contribution in [0.3, 0.4) is 0 Å². The van der Waals surface area contributed by atoms with E-state index in [0.717, 1.165) is 0 Å². The zero-order valence-electron chi connectivity index (χ0n) is 10.2. The van der Waals surface area contributed by atoms with Gasteiger partial charge in [0.2, 0.25) is 0 Å². The van der Waals surface area contributed by atoms with Gasteiger partial charge in [-0.3, -0.25) is 4.72 Å². The first-order valence-electron chi connectivity index (χ1n) is 5.50. The van der Waals surface area contributed by atoms with Crippen LogP contribution in [0.15, 0.2) is 34.5 Å². The molecular formula is C12H13ClN2O2S2. The maximum Gasteiger partial charge on any atom is 0.263 e. The molecule has 0 fully saturated rings. The molecule has 0 bridgehead atoms. The summed E-state index contributed by atoms with van der Waals surface area (Å²) in [5.41, 5.74) is 6.70. The molecule has 2 aromatic rings. The van der Waals surface area contributed by atoms with Gasteiger partial charge < -0.3 is 5.73 Å². The number of hydrogen-bond donors (Lipinski definition) is 2. The molecule has 0 aliphatic rings. The van der Waals surface area contributed by atoms with Crippen LogP contribution in [0.25, 0.3) is 0 Å². The second-order valence-electron chi connectivity index (χ2n) is 3.93. The summed E-state index contributed by atoms with van der Waals surface area (Å²) in [5.74, 6) is 0. The van der Waals surface area contributed by atoms with Crippen LogP contribution in [0.2, 0.25) is 5.02 Å². The molecule has 2 rings (SSSR count). The molecule has 102 valence electrons. The maximum atomic E-state index is 12.3. The Hall–Kier alpha value is -1.08. The molecule has 0 aliphatic heterocycles. The van der Waals surface area contributed by atoms with Crippen molar-refractivity contribution in [3.05, 3.63) is 45.1 Å². The molecule has 7 heteroatoms. The molecule has 1 aromatic carbocycles. The molecule has 0 atom stereocenters. The summed E-state index contributed by atoms with van der Waals surface area (Å²) in [4.78, 5) is 0.853. The predicted molar refractivity (Wildman–Crippen MR) is 79.2 cm³/mol. The van der Waals surface area contributed by atoms with E-state index < -0.39 is 10.0 Å². The highest BCUT2D eigenvalue weighted by Crippen LogP contribution is 2.27. The molecule has 19 heavy (non-hydrogen) atoms. The Kier molecular flexibility index (Phi) is 4.15. The smallest absolute Gasteiger partial charge is 0.263 e. The van der Waals surface area contributed by atoms with Crippen LogP contribution in [-0.4, -0.2) is 8.42 Å². The SMILES string of the molecule is Cc1c(Cl)cccc1NS(=O)(=O)c1ccsc1CN. The Bertz CT molecular complexity index is 696. The predicted octanol–water partition coefficient (Wildman–Crippen LogP) is 2.97. The van der Waals surface area contributed by atoms with Crippen LogP contribution in [0.4, 0.5) is 5.69 Å². The summed E-state index contributed by atoms with van der Waals surface area (Å²) >= 11 is 7.30. The molecule has 0 spiro atoms. The van der Waals surface area contributed by atoms with E-state index in [0.29, 0.717) is 21.2 Å². The average Bonchev–Trinajstić information content (AvgIpc) is 2.84. The second kappa shape index (κ2) is 5.50. The lowest BCUT2D eigenvalue weighted by atomic mass is 10.2. The zero-order chi connectivity index (χ0) is 14.0. The molecule has 3 N–H and O–H groups in total. The van der Waals surface area contributed by atoms with Gasteiger partial charge in [0.25, 0.3) is 10.0 Å². The van der Waals surface area contributed by atoms with Gasteiger partial charge in [-0.2, -0.15) is 0 Å². The fourth-order valence-corrected chi connectivity index (χ4v) is 4.27. The van der Waals surface area contributed by atoms with E-state index in [1.165, 1.54) is 11.3 Å². The van der Waals surface area contributed by atoms with Crippen molar-refractivity contribution in [2.45, 2.75) is 18.4 Å². The second-order valence-corrected chi connectivity index (χ2v) is 6.99. The summed E-state index contributed by atoms with van der Waals surface area (Å²) in [5, 5.41) is 2.23. The van der Waals surface area contributed by atoms with Gasteiger partial charge in [0, 0.05) is 16.4 Å². The first-order valence-corrected chi connectivity index (χ1v) is 8.24. The van der Waals surface area contributed by atoms with E-state index in [4.69, 9.17) is 17.3 Å². The minimum atomic E-state index is -3.63. The van der Waals surface area contributed by atoms with Crippen LogP contribution < -0.4 is 10.5 Å². The molecule has 0 saturated carbocycles. The van der Waals surface area contributed by atoms with E-state index in [1.807, 2.05) is 0 Å². The summed E-state index contributed by atoms with van der Waals surface area (Å²) < 4.78 is 27.1. The van der Waals surface area contributed by atoms with Gasteiger partial charge in [-0.1, -0.05) is 17.7 Å². The molecule has 0 saturated heterocycles. The van der Waals surface area contributed by atoms with Gasteiger partial charge in [0.1, 0.15) is 4.90 Å². The van der Waals surface area contributed by atoms with Crippen molar-refractivity contribution in [2.75, 3.05) is 4.72 Å². The van der Waals surface area contributed by atoms with Gasteiger partial charge in [0.15, 0.2) is 0 Å². The van der Waals surface area contributed by atoms with Crippen molar-refractivity contribution < 1.29 is 8.42 Å². The van der Waals surface area contributed by atoms with Crippen molar-refractivity contribution in [3.63, 3.8) is 0 Å². The summed E-state index contributed by atoms with van der Waals surface area (Å²) in [7, 11) is -3.63. The molecule has 0 unspecified atom stereocenters. The number of sulfonamides is 1. The maximum absolute atomic E-state index is 12.3. The minimum absolute atomic E-state index is 0.197. The first kappa shape index (κ1) is 14.3. The molecule has 0 aliphatic carbocycles. The Morgan fingerprint density at radius 2 is 2.11 bits per heavy atom. The Morgan fingerprint density at radius 3 is 2.79 bits per heavy atom. The monoisotopic (exact) mass is 316 g/mol. The van der Waals surface area contributed by atoms with Gasteiger partial charge in [-0.05, 0) is 36.1 Å². The van der Waals surface area contributed by atoms with Crippen LogP contribution >= 0.6 is 22.9 Å². The summed E-state index contributed by atoms with van der Waals surface area (Å²) in [6, 6.07) is 6.64. The van der Waals surface area contributed by atoms with Crippen LogP contribution in [0.5, 0.6) is 0 Å². The van der Waals surface area contributed by atoms with Crippen LogP contribution in [0, 0.1) is 6.92 Å². The summed E-state index contributed by atoms with van der Waals surface area (Å²) in [6.07, 6.45) is 0. The highest BCUT2D eigenvalue weighted by Gasteiger charge is 2.20. The van der Waals surface area contributed by atoms with Gasteiger partial charge in [-0.25, -0.2) is 8.42 Å². The van der Waals surface area contributed by atoms with Crippen LogP contribution in [-0.2, 0) is 16.6 Å². The van der Waals surface area contributed by atoms with Crippen molar-refractivity contribution in [1.82, 2.24) is 0 Å². The third-order valence-corrected chi connectivity index (χ3v) is 5.62. The number of nitrogens with two attached hydrogens (primary N) is 1. The average molecular weight is 317 g/mol. The van der Waals surface area contributed by atoms with Crippen molar-refractivity contribution >= 4 is 38.6 Å². The lowest BCUT2D eigenvalue weighted by Crippen LogP contribution is -2.15. The lowest BCUT2D eigenvalue weighted by Gasteiger charge is -2.11. The Balaban J connectivity index is 2.40. The zero-order valence-corrected chi connectivity index (χ0v) is 12.6. The topological polar surface area (TPSA) is 72.2 Å². The quantitative estimate of drug-likeness (QED) is 0.911. The van der Waals surface area contributed by atoms with E-state index in [2.05, 4.69) is 4.72 Å². The van der Waals surface area contributed by atoms with E-state index in [9.17, 15) is 8.42 Å². The molecule has 0 radical (unpaired) electrons. The third kappa shape index (κ3) is 2.92. The molecule has 0 amide bonds. The molecule has 1 aromatic heterocycles. The van der Waals surface area contributed by atoms with Gasteiger partial charge in [0.05, 0.1) is 5.69 Å². The number of benzene rings is 1. The number of halogens is 1. The number of rotatable bonds is 4. The molecular weight excluding hydrogens is 304 g/mol. The van der Waals surface area contributed by atoms with Crippen molar-refractivity contribution in [2.24, 2.45) is 5.73 Å². The van der Waals surface area contributed by atoms with E-state index >= 15 is 0 Å². The van der Waals surface area contributed by atoms with Crippen molar-refractivity contribution in [1.29, 1.82) is 0 Å². The normalized spacial score (nSPS) is 11.5. The van der Waals surface area contributed by atoms with Crippen molar-refractivity contribution in [3.8, 4) is 0 Å². The standard InChI is InChI=1S/C12H13ClN2O2S2/c1-8-9(13)3-2-4-10(8)15-19(16,17)12-5-6-18-11(12)7-14/h2-6,15H,7,14H2,1H3. The Morgan fingerprint density at radius 1 is 1.37 bits per heavy atom. The highest BCUT2D eigenvalue weighted by molar-refractivity contribution is 7.93. The number of thiophene rings is 1. The first-order chi connectivity index (χ1) is 8.95. The fraction of sp³-hybridized carbons (Fsp3) is 0.167.